The molecule has 0 saturated heterocycles. The van der Waals surface area contributed by atoms with Crippen molar-refractivity contribution in [2.45, 2.75) is 0 Å². The maximum absolute atomic E-state index is 5.72. The Morgan fingerprint density at radius 3 is 2.91 bits per heavy atom. The maximum Gasteiger partial charge on any atom is 0.156 e. The van der Waals surface area contributed by atoms with E-state index in [-0.39, 0.29) is 12.4 Å². The van der Waals surface area contributed by atoms with E-state index in [4.69, 9.17) is 11.6 Å². The van der Waals surface area contributed by atoms with Crippen molar-refractivity contribution in [1.82, 2.24) is 15.0 Å². The van der Waals surface area contributed by atoms with Crippen molar-refractivity contribution >= 4 is 35.0 Å². The third-order valence-corrected chi connectivity index (χ3v) is 1.59. The van der Waals surface area contributed by atoms with Crippen molar-refractivity contribution in [1.29, 1.82) is 0 Å². The van der Waals surface area contributed by atoms with Crippen LogP contribution in [-0.4, -0.2) is 15.0 Å². The first-order valence-electron chi connectivity index (χ1n) is 2.81. The average molecular weight is 190 g/mol. The number of aromatic nitrogens is 3. The Morgan fingerprint density at radius 2 is 2.18 bits per heavy atom. The molecule has 0 bridgehead atoms. The molecule has 0 spiro atoms. The highest BCUT2D eigenvalue weighted by molar-refractivity contribution is 6.33. The number of aromatic amines is 1. The molecule has 0 amide bonds. The topological polar surface area (TPSA) is 41.6 Å². The fraction of sp³-hybridized carbons (Fsp3) is 0. The molecule has 0 aliphatic carbocycles. The fourth-order valence-corrected chi connectivity index (χ4v) is 1.04. The molecule has 11 heavy (non-hydrogen) atoms. The van der Waals surface area contributed by atoms with Gasteiger partial charge in [0.15, 0.2) is 5.15 Å². The lowest BCUT2D eigenvalue weighted by Crippen LogP contribution is -1.79. The van der Waals surface area contributed by atoms with Gasteiger partial charge in [0.2, 0.25) is 0 Å². The molecule has 3 nitrogen and oxygen atoms in total. The Hall–Kier alpha value is -0.800. The van der Waals surface area contributed by atoms with Gasteiger partial charge >= 0.3 is 0 Å². The highest BCUT2D eigenvalue weighted by atomic mass is 35.5. The van der Waals surface area contributed by atoms with E-state index in [0.29, 0.717) is 5.15 Å². The van der Waals surface area contributed by atoms with Crippen LogP contribution in [0.4, 0.5) is 0 Å². The van der Waals surface area contributed by atoms with Gasteiger partial charge in [-0.1, -0.05) is 11.6 Å². The Kier molecular flexibility index (Phi) is 2.31. The normalized spacial score (nSPS) is 9.55. The number of nitrogens with one attached hydrogen (secondary N) is 1. The number of H-pyrrole nitrogens is 1. The van der Waals surface area contributed by atoms with Gasteiger partial charge in [-0.2, -0.15) is 0 Å². The molecule has 0 aliphatic heterocycles. The van der Waals surface area contributed by atoms with E-state index in [1.807, 2.05) is 6.07 Å². The van der Waals surface area contributed by atoms with Gasteiger partial charge in [-0.05, 0) is 6.07 Å². The van der Waals surface area contributed by atoms with Crippen molar-refractivity contribution in [3.63, 3.8) is 0 Å². The minimum atomic E-state index is 0. The largest absolute Gasteiger partial charge is 0.357 e. The maximum atomic E-state index is 5.72. The highest BCUT2D eigenvalue weighted by Crippen LogP contribution is 2.15. The zero-order valence-corrected chi connectivity index (χ0v) is 6.99. The molecular formula is C6H5Cl2N3. The summed E-state index contributed by atoms with van der Waals surface area (Å²) in [6.45, 7) is 0. The van der Waals surface area contributed by atoms with Crippen molar-refractivity contribution in [3.8, 4) is 0 Å². The molecule has 1 N–H and O–H groups in total. The second-order valence-corrected chi connectivity index (χ2v) is 2.26. The predicted molar refractivity (Wildman–Crippen MR) is 46.1 cm³/mol. The number of rotatable bonds is 0. The van der Waals surface area contributed by atoms with Gasteiger partial charge in [0, 0.05) is 6.20 Å². The van der Waals surface area contributed by atoms with Crippen molar-refractivity contribution in [2.24, 2.45) is 0 Å². The summed E-state index contributed by atoms with van der Waals surface area (Å²) in [7, 11) is 0. The molecule has 2 aromatic rings. The van der Waals surface area contributed by atoms with Crippen LogP contribution in [0.2, 0.25) is 5.15 Å². The van der Waals surface area contributed by atoms with Gasteiger partial charge in [-0.25, -0.2) is 9.97 Å². The summed E-state index contributed by atoms with van der Waals surface area (Å²) in [5, 5.41) is 0.468. The second kappa shape index (κ2) is 3.07. The number of hydrogen-bond donors (Lipinski definition) is 1. The summed E-state index contributed by atoms with van der Waals surface area (Å²) in [5.41, 5.74) is 1.64. The fourth-order valence-electron chi connectivity index (χ4n) is 0.840. The van der Waals surface area contributed by atoms with Crippen LogP contribution in [0.25, 0.3) is 11.0 Å². The van der Waals surface area contributed by atoms with E-state index in [0.717, 1.165) is 11.0 Å². The van der Waals surface area contributed by atoms with Crippen LogP contribution in [0.3, 0.4) is 0 Å². The molecule has 2 rings (SSSR count). The first-order chi connectivity index (χ1) is 4.88. The number of nitrogens with zero attached hydrogens (tertiary/aromatic N) is 2. The van der Waals surface area contributed by atoms with Gasteiger partial charge in [0.05, 0.1) is 5.52 Å². The highest BCUT2D eigenvalue weighted by Gasteiger charge is 1.98. The Balaban J connectivity index is 0.000000605. The Bertz CT molecular complexity index is 357. The van der Waals surface area contributed by atoms with Crippen molar-refractivity contribution in [2.75, 3.05) is 0 Å². The second-order valence-electron chi connectivity index (χ2n) is 1.90. The van der Waals surface area contributed by atoms with E-state index >= 15 is 0 Å². The SMILES string of the molecule is Cl.Clc1ncnc2cc[nH]c12. The van der Waals surface area contributed by atoms with Crippen LogP contribution in [-0.2, 0) is 0 Å². The molecule has 58 valence electrons. The molecule has 0 unspecified atom stereocenters. The van der Waals surface area contributed by atoms with Crippen LogP contribution in [0, 0.1) is 0 Å². The van der Waals surface area contributed by atoms with Crippen LogP contribution in [0.5, 0.6) is 0 Å². The monoisotopic (exact) mass is 189 g/mol. The number of hydrogen-bond acceptors (Lipinski definition) is 2. The van der Waals surface area contributed by atoms with Crippen LogP contribution in [0.15, 0.2) is 18.6 Å². The number of halogens is 2. The minimum absolute atomic E-state index is 0. The standard InChI is InChI=1S/C6H4ClN3.ClH/c7-6-5-4(1-2-8-5)9-3-10-6;/h1-3,8H;1H. The average Bonchev–Trinajstić information content (AvgIpc) is 2.36. The van der Waals surface area contributed by atoms with E-state index < -0.39 is 0 Å². The van der Waals surface area contributed by atoms with Crippen LogP contribution in [0.1, 0.15) is 0 Å². The first kappa shape index (κ1) is 8.30. The minimum Gasteiger partial charge on any atom is -0.357 e. The lowest BCUT2D eigenvalue weighted by atomic mass is 10.5. The summed E-state index contributed by atoms with van der Waals surface area (Å²) in [4.78, 5) is 10.7. The zero-order valence-electron chi connectivity index (χ0n) is 5.41. The molecule has 0 aromatic carbocycles. The molecule has 0 aliphatic rings. The van der Waals surface area contributed by atoms with Gasteiger partial charge in [-0.3, -0.25) is 0 Å². The van der Waals surface area contributed by atoms with E-state index in [1.54, 1.807) is 6.20 Å². The van der Waals surface area contributed by atoms with E-state index in [1.165, 1.54) is 6.33 Å². The third kappa shape index (κ3) is 1.29. The third-order valence-electron chi connectivity index (χ3n) is 1.30. The van der Waals surface area contributed by atoms with Gasteiger partial charge in [0.1, 0.15) is 11.8 Å². The van der Waals surface area contributed by atoms with Crippen molar-refractivity contribution in [3.05, 3.63) is 23.7 Å². The molecule has 0 saturated carbocycles. The predicted octanol–water partition coefficient (Wildman–Crippen LogP) is 2.03. The Morgan fingerprint density at radius 1 is 1.36 bits per heavy atom. The summed E-state index contributed by atoms with van der Waals surface area (Å²) in [6.07, 6.45) is 3.23. The number of fused-ring (bicyclic) bond motifs is 1. The summed E-state index contributed by atoms with van der Waals surface area (Å²) in [5.74, 6) is 0. The summed E-state index contributed by atoms with van der Waals surface area (Å²) >= 11 is 5.72. The van der Waals surface area contributed by atoms with E-state index in [9.17, 15) is 0 Å². The van der Waals surface area contributed by atoms with Crippen molar-refractivity contribution < 1.29 is 0 Å². The lowest BCUT2D eigenvalue weighted by molar-refractivity contribution is 1.22. The van der Waals surface area contributed by atoms with Gasteiger partial charge < -0.3 is 4.98 Å². The molecular weight excluding hydrogens is 185 g/mol. The molecule has 0 radical (unpaired) electrons. The molecule has 5 heteroatoms. The first-order valence-corrected chi connectivity index (χ1v) is 3.19. The quantitative estimate of drug-likeness (QED) is 0.645. The van der Waals surface area contributed by atoms with Gasteiger partial charge in [-0.15, -0.1) is 12.4 Å². The van der Waals surface area contributed by atoms with Crippen LogP contribution < -0.4 is 0 Å². The molecule has 0 atom stereocenters. The smallest absolute Gasteiger partial charge is 0.156 e. The zero-order chi connectivity index (χ0) is 6.97. The molecule has 2 aromatic heterocycles. The molecule has 0 fully saturated rings. The Labute approximate surface area is 74.2 Å². The van der Waals surface area contributed by atoms with E-state index in [2.05, 4.69) is 15.0 Å². The summed E-state index contributed by atoms with van der Waals surface area (Å²) in [6, 6.07) is 1.85. The van der Waals surface area contributed by atoms with Gasteiger partial charge in [0.25, 0.3) is 0 Å². The summed E-state index contributed by atoms with van der Waals surface area (Å²) < 4.78 is 0. The molecule has 2 heterocycles. The van der Waals surface area contributed by atoms with Crippen LogP contribution >= 0.6 is 24.0 Å². The lowest BCUT2D eigenvalue weighted by Gasteiger charge is -1.88.